The fourth-order valence-corrected chi connectivity index (χ4v) is 3.78. The summed E-state index contributed by atoms with van der Waals surface area (Å²) in [6, 6.07) is 5.55. The van der Waals surface area contributed by atoms with Crippen LogP contribution in [0.15, 0.2) is 39.6 Å². The summed E-state index contributed by atoms with van der Waals surface area (Å²) >= 11 is 2.50. The predicted octanol–water partition coefficient (Wildman–Crippen LogP) is 2.93. The van der Waals surface area contributed by atoms with Crippen molar-refractivity contribution in [3.05, 3.63) is 55.7 Å². The van der Waals surface area contributed by atoms with Crippen molar-refractivity contribution in [3.63, 3.8) is 0 Å². The van der Waals surface area contributed by atoms with Gasteiger partial charge in [0.2, 0.25) is 5.91 Å². The predicted molar refractivity (Wildman–Crippen MR) is 97.4 cm³/mol. The summed E-state index contributed by atoms with van der Waals surface area (Å²) in [5.74, 6) is -0.251. The molecule has 0 bridgehead atoms. The minimum absolute atomic E-state index is 0.0475. The standard InChI is InChI=1S/C15H12N4O4S2/c1-8-6-24-14-12(8)13(21)17-15(18-14)25-7-11(20)16-9-2-4-10(5-3-9)19(22)23/h2-6H,7H2,1H3,(H,16,20)(H,17,18,21). The van der Waals surface area contributed by atoms with Crippen molar-refractivity contribution in [3.8, 4) is 0 Å². The zero-order chi connectivity index (χ0) is 18.0. The highest BCUT2D eigenvalue weighted by atomic mass is 32.2. The number of aryl methyl sites for hydroxylation is 1. The number of carbonyl (C=O) groups is 1. The third-order valence-electron chi connectivity index (χ3n) is 3.31. The number of hydrogen-bond donors (Lipinski definition) is 2. The molecule has 0 aliphatic carbocycles. The lowest BCUT2D eigenvalue weighted by Gasteiger charge is -2.04. The number of anilines is 1. The second-order valence-corrected chi connectivity index (χ2v) is 6.93. The van der Waals surface area contributed by atoms with E-state index in [4.69, 9.17) is 0 Å². The third kappa shape index (κ3) is 3.86. The maximum atomic E-state index is 12.0. The van der Waals surface area contributed by atoms with Gasteiger partial charge < -0.3 is 10.3 Å². The quantitative estimate of drug-likeness (QED) is 0.306. The molecule has 0 fully saturated rings. The zero-order valence-corrected chi connectivity index (χ0v) is 14.6. The van der Waals surface area contributed by atoms with E-state index in [0.29, 0.717) is 21.1 Å². The summed E-state index contributed by atoms with van der Waals surface area (Å²) in [6.45, 7) is 1.85. The molecule has 0 unspecified atom stereocenters. The summed E-state index contributed by atoms with van der Waals surface area (Å²) in [7, 11) is 0. The van der Waals surface area contributed by atoms with Crippen LogP contribution in [0.5, 0.6) is 0 Å². The molecule has 0 saturated carbocycles. The number of thiophene rings is 1. The van der Waals surface area contributed by atoms with E-state index in [1.54, 1.807) is 0 Å². The minimum atomic E-state index is -0.508. The Morgan fingerprint density at radius 3 is 2.80 bits per heavy atom. The topological polar surface area (TPSA) is 118 Å². The number of hydrogen-bond acceptors (Lipinski definition) is 7. The van der Waals surface area contributed by atoms with Gasteiger partial charge in [-0.15, -0.1) is 11.3 Å². The van der Waals surface area contributed by atoms with Gasteiger partial charge in [0.15, 0.2) is 5.16 Å². The van der Waals surface area contributed by atoms with Gasteiger partial charge in [-0.25, -0.2) is 4.98 Å². The molecule has 0 aliphatic heterocycles. The maximum Gasteiger partial charge on any atom is 0.269 e. The first-order valence-electron chi connectivity index (χ1n) is 7.09. The van der Waals surface area contributed by atoms with Gasteiger partial charge in [0.1, 0.15) is 4.83 Å². The Balaban J connectivity index is 1.64. The summed E-state index contributed by atoms with van der Waals surface area (Å²) < 4.78 is 0. The number of thioether (sulfide) groups is 1. The highest BCUT2D eigenvalue weighted by Gasteiger charge is 2.11. The first kappa shape index (κ1) is 17.1. The Kier molecular flexibility index (Phi) is 4.81. The first-order valence-corrected chi connectivity index (χ1v) is 8.96. The van der Waals surface area contributed by atoms with Crippen LogP contribution in [0.1, 0.15) is 5.56 Å². The number of carbonyl (C=O) groups excluding carboxylic acids is 1. The van der Waals surface area contributed by atoms with Gasteiger partial charge >= 0.3 is 0 Å². The molecule has 0 saturated heterocycles. The largest absolute Gasteiger partial charge is 0.325 e. The molecule has 0 atom stereocenters. The molecular weight excluding hydrogens is 364 g/mol. The average Bonchev–Trinajstić information content (AvgIpc) is 2.95. The number of nitrogens with one attached hydrogen (secondary N) is 2. The van der Waals surface area contributed by atoms with E-state index in [-0.39, 0.29) is 22.9 Å². The monoisotopic (exact) mass is 376 g/mol. The highest BCUT2D eigenvalue weighted by Crippen LogP contribution is 2.22. The van der Waals surface area contributed by atoms with E-state index < -0.39 is 4.92 Å². The Hall–Kier alpha value is -2.72. The van der Waals surface area contributed by atoms with Gasteiger partial charge in [0.25, 0.3) is 11.2 Å². The SMILES string of the molecule is Cc1csc2nc(SCC(=O)Nc3ccc([N+](=O)[O-])cc3)[nH]c(=O)c12. The van der Waals surface area contributed by atoms with Gasteiger partial charge in [-0.2, -0.15) is 0 Å². The van der Waals surface area contributed by atoms with Crippen LogP contribution in [-0.4, -0.2) is 26.6 Å². The van der Waals surface area contributed by atoms with Crippen LogP contribution in [0, 0.1) is 17.0 Å². The van der Waals surface area contributed by atoms with Gasteiger partial charge in [-0.1, -0.05) is 11.8 Å². The second-order valence-electron chi connectivity index (χ2n) is 5.11. The number of nitro groups is 1. The summed E-state index contributed by atoms with van der Waals surface area (Å²) in [5.41, 5.74) is 1.07. The van der Waals surface area contributed by atoms with Gasteiger partial charge in [0.05, 0.1) is 16.1 Å². The fourth-order valence-electron chi connectivity index (χ4n) is 2.13. The van der Waals surface area contributed by atoms with Crippen LogP contribution in [0.3, 0.4) is 0 Å². The summed E-state index contributed by atoms with van der Waals surface area (Å²) in [5, 5.41) is 16.0. The van der Waals surface area contributed by atoms with Crippen LogP contribution in [-0.2, 0) is 4.79 Å². The lowest BCUT2D eigenvalue weighted by atomic mass is 10.3. The van der Waals surface area contributed by atoms with Gasteiger partial charge in [0, 0.05) is 17.8 Å². The van der Waals surface area contributed by atoms with Crippen molar-refractivity contribution < 1.29 is 9.72 Å². The molecule has 8 nitrogen and oxygen atoms in total. The molecule has 3 rings (SSSR count). The highest BCUT2D eigenvalue weighted by molar-refractivity contribution is 7.99. The molecule has 0 aliphatic rings. The number of rotatable bonds is 5. The molecule has 2 aromatic heterocycles. The van der Waals surface area contributed by atoms with E-state index >= 15 is 0 Å². The van der Waals surface area contributed by atoms with Crippen LogP contribution < -0.4 is 10.9 Å². The number of fused-ring (bicyclic) bond motifs is 1. The summed E-state index contributed by atoms with van der Waals surface area (Å²) in [6.07, 6.45) is 0. The molecule has 10 heteroatoms. The molecule has 0 spiro atoms. The number of benzene rings is 1. The van der Waals surface area contributed by atoms with Crippen molar-refractivity contribution in [2.24, 2.45) is 0 Å². The van der Waals surface area contributed by atoms with Crippen LogP contribution in [0.2, 0.25) is 0 Å². The smallest absolute Gasteiger partial charge is 0.269 e. The first-order chi connectivity index (χ1) is 11.9. The van der Waals surface area contributed by atoms with E-state index in [0.717, 1.165) is 17.3 Å². The molecule has 1 aromatic carbocycles. The van der Waals surface area contributed by atoms with E-state index in [9.17, 15) is 19.7 Å². The molecule has 2 N–H and O–H groups in total. The normalized spacial score (nSPS) is 10.8. The van der Waals surface area contributed by atoms with Crippen molar-refractivity contribution in [1.29, 1.82) is 0 Å². The maximum absolute atomic E-state index is 12.0. The Morgan fingerprint density at radius 1 is 1.40 bits per heavy atom. The lowest BCUT2D eigenvalue weighted by Crippen LogP contribution is -2.15. The Labute approximate surface area is 149 Å². The molecular formula is C15H12N4O4S2. The molecule has 25 heavy (non-hydrogen) atoms. The average molecular weight is 376 g/mol. The Bertz CT molecular complexity index is 1010. The number of amides is 1. The third-order valence-corrected chi connectivity index (χ3v) is 5.17. The fraction of sp³-hybridized carbons (Fsp3) is 0.133. The lowest BCUT2D eigenvalue weighted by molar-refractivity contribution is -0.384. The number of H-pyrrole nitrogens is 1. The van der Waals surface area contributed by atoms with Crippen molar-refractivity contribution in [1.82, 2.24) is 9.97 Å². The van der Waals surface area contributed by atoms with E-state index in [1.807, 2.05) is 12.3 Å². The van der Waals surface area contributed by atoms with Crippen molar-refractivity contribution in [2.45, 2.75) is 12.1 Å². The van der Waals surface area contributed by atoms with Gasteiger partial charge in [-0.05, 0) is 30.0 Å². The number of aromatic amines is 1. The number of nitro benzene ring substituents is 1. The molecule has 2 heterocycles. The number of non-ortho nitro benzene ring substituents is 1. The van der Waals surface area contributed by atoms with Crippen LogP contribution >= 0.6 is 23.1 Å². The minimum Gasteiger partial charge on any atom is -0.325 e. The van der Waals surface area contributed by atoms with Crippen molar-refractivity contribution in [2.75, 3.05) is 11.1 Å². The summed E-state index contributed by atoms with van der Waals surface area (Å²) in [4.78, 5) is 41.7. The number of aromatic nitrogens is 2. The van der Waals surface area contributed by atoms with Crippen molar-refractivity contribution >= 4 is 50.6 Å². The van der Waals surface area contributed by atoms with E-state index in [2.05, 4.69) is 15.3 Å². The molecule has 1 amide bonds. The van der Waals surface area contributed by atoms with E-state index in [1.165, 1.54) is 35.6 Å². The molecule has 0 radical (unpaired) electrons. The zero-order valence-electron chi connectivity index (χ0n) is 12.9. The molecule has 3 aromatic rings. The van der Waals surface area contributed by atoms with Crippen LogP contribution in [0.4, 0.5) is 11.4 Å². The van der Waals surface area contributed by atoms with Gasteiger partial charge in [-0.3, -0.25) is 19.7 Å². The second kappa shape index (κ2) is 7.03. The molecule has 128 valence electrons. The number of nitrogens with zero attached hydrogens (tertiary/aromatic N) is 2. The Morgan fingerprint density at radius 2 is 2.12 bits per heavy atom. The van der Waals surface area contributed by atoms with Crippen LogP contribution in [0.25, 0.3) is 10.2 Å².